The first-order valence-corrected chi connectivity index (χ1v) is 9.44. The van der Waals surface area contributed by atoms with E-state index in [1.807, 2.05) is 6.07 Å². The molecule has 1 aromatic carbocycles. The lowest BCUT2D eigenvalue weighted by Gasteiger charge is -2.20. The molecule has 2 aromatic rings. The average Bonchev–Trinajstić information content (AvgIpc) is 3.08. The summed E-state index contributed by atoms with van der Waals surface area (Å²) in [7, 11) is 2.10. The molecule has 0 unspecified atom stereocenters. The van der Waals surface area contributed by atoms with E-state index < -0.39 is 0 Å². The molecule has 27 heavy (non-hydrogen) atoms. The van der Waals surface area contributed by atoms with E-state index in [0.29, 0.717) is 6.54 Å². The van der Waals surface area contributed by atoms with Crippen molar-refractivity contribution in [2.24, 2.45) is 4.99 Å². The zero-order valence-electron chi connectivity index (χ0n) is 16.8. The highest BCUT2D eigenvalue weighted by atomic mass is 127. The Morgan fingerprint density at radius 3 is 2.48 bits per heavy atom. The van der Waals surface area contributed by atoms with Crippen LogP contribution in [-0.2, 0) is 19.4 Å². The number of likely N-dealkylation sites (N-methyl/N-ethyl adjacent to an activating group) is 1. The van der Waals surface area contributed by atoms with Gasteiger partial charge in [-0.2, -0.15) is 0 Å². The Morgan fingerprint density at radius 2 is 1.85 bits per heavy atom. The third-order valence-corrected chi connectivity index (χ3v) is 4.28. The molecule has 2 N–H and O–H groups in total. The normalized spacial score (nSPS) is 11.0. The minimum Gasteiger partial charge on any atom is -0.373 e. The van der Waals surface area contributed by atoms with Crippen molar-refractivity contribution in [1.82, 2.24) is 15.8 Å². The first-order chi connectivity index (χ1) is 12.7. The maximum absolute atomic E-state index is 5.42. The average molecular weight is 485 g/mol. The van der Waals surface area contributed by atoms with Gasteiger partial charge in [-0.3, -0.25) is 0 Å². The monoisotopic (exact) mass is 485 g/mol. The van der Waals surface area contributed by atoms with Crippen LogP contribution in [0.2, 0.25) is 0 Å². The smallest absolute Gasteiger partial charge is 0.191 e. The fourth-order valence-electron chi connectivity index (χ4n) is 2.77. The Kier molecular flexibility index (Phi) is 10.8. The SMILES string of the molecule is CCNC(=NCc1c(CC)noc1CC)NCCN(C)c1ccccc1.I. The number of hydrogen-bond donors (Lipinski definition) is 2. The fraction of sp³-hybridized carbons (Fsp3) is 0.500. The first-order valence-electron chi connectivity index (χ1n) is 9.44. The lowest BCUT2D eigenvalue weighted by Crippen LogP contribution is -2.41. The Morgan fingerprint density at radius 1 is 1.11 bits per heavy atom. The predicted octanol–water partition coefficient (Wildman–Crippen LogP) is 3.61. The molecule has 0 fully saturated rings. The van der Waals surface area contributed by atoms with Crippen molar-refractivity contribution < 1.29 is 4.52 Å². The van der Waals surface area contributed by atoms with Gasteiger partial charge in [-0.25, -0.2) is 4.99 Å². The number of aliphatic imine (C=N–C) groups is 1. The molecular weight excluding hydrogens is 453 g/mol. The second kappa shape index (κ2) is 12.6. The molecular formula is C20H32IN5O. The van der Waals surface area contributed by atoms with Crippen LogP contribution in [0.5, 0.6) is 0 Å². The van der Waals surface area contributed by atoms with Gasteiger partial charge >= 0.3 is 0 Å². The first kappa shape index (κ1) is 23.3. The van der Waals surface area contributed by atoms with Gasteiger partial charge in [0.15, 0.2) is 5.96 Å². The van der Waals surface area contributed by atoms with Crippen molar-refractivity contribution in [3.05, 3.63) is 47.3 Å². The molecule has 0 aliphatic rings. The lowest BCUT2D eigenvalue weighted by molar-refractivity contribution is 0.380. The maximum Gasteiger partial charge on any atom is 0.191 e. The van der Waals surface area contributed by atoms with E-state index in [1.54, 1.807) is 0 Å². The second-order valence-corrected chi connectivity index (χ2v) is 6.12. The molecule has 1 aromatic heterocycles. The minimum atomic E-state index is 0. The Bertz CT molecular complexity index is 665. The van der Waals surface area contributed by atoms with Gasteiger partial charge in [0, 0.05) is 44.4 Å². The predicted molar refractivity (Wildman–Crippen MR) is 123 cm³/mol. The molecule has 7 heteroatoms. The van der Waals surface area contributed by atoms with Crippen LogP contribution in [0.15, 0.2) is 39.8 Å². The van der Waals surface area contributed by atoms with E-state index in [2.05, 4.69) is 72.8 Å². The molecule has 6 nitrogen and oxygen atoms in total. The summed E-state index contributed by atoms with van der Waals surface area (Å²) in [5.74, 6) is 1.75. The number of para-hydroxylation sites is 1. The third kappa shape index (κ3) is 7.04. The summed E-state index contributed by atoms with van der Waals surface area (Å²) in [6.07, 6.45) is 1.70. The minimum absolute atomic E-state index is 0. The van der Waals surface area contributed by atoms with E-state index in [4.69, 9.17) is 9.52 Å². The molecule has 0 amide bonds. The number of aryl methyl sites for hydroxylation is 2. The van der Waals surface area contributed by atoms with Crippen LogP contribution in [0.1, 0.15) is 37.8 Å². The highest BCUT2D eigenvalue weighted by Gasteiger charge is 2.13. The van der Waals surface area contributed by atoms with Crippen LogP contribution in [0.25, 0.3) is 0 Å². The molecule has 0 saturated heterocycles. The van der Waals surface area contributed by atoms with Crippen molar-refractivity contribution >= 4 is 35.6 Å². The van der Waals surface area contributed by atoms with E-state index in [-0.39, 0.29) is 24.0 Å². The Balaban J connectivity index is 0.00000364. The Hall–Kier alpha value is -1.77. The number of nitrogens with one attached hydrogen (secondary N) is 2. The van der Waals surface area contributed by atoms with Crippen LogP contribution >= 0.6 is 24.0 Å². The Labute approximate surface area is 179 Å². The van der Waals surface area contributed by atoms with Crippen molar-refractivity contribution in [1.29, 1.82) is 0 Å². The van der Waals surface area contributed by atoms with Crippen molar-refractivity contribution in [2.75, 3.05) is 31.6 Å². The summed E-state index contributed by atoms with van der Waals surface area (Å²) in [5, 5.41) is 10.9. The van der Waals surface area contributed by atoms with Gasteiger partial charge in [0.2, 0.25) is 0 Å². The van der Waals surface area contributed by atoms with Crippen molar-refractivity contribution in [2.45, 2.75) is 40.2 Å². The molecule has 2 rings (SSSR count). The van der Waals surface area contributed by atoms with Crippen molar-refractivity contribution in [3.8, 4) is 0 Å². The van der Waals surface area contributed by atoms with Gasteiger partial charge in [-0.05, 0) is 25.5 Å². The topological polar surface area (TPSA) is 65.7 Å². The molecule has 0 saturated carbocycles. The van der Waals surface area contributed by atoms with Crippen molar-refractivity contribution in [3.63, 3.8) is 0 Å². The summed E-state index contributed by atoms with van der Waals surface area (Å²) in [5.41, 5.74) is 3.33. The zero-order valence-corrected chi connectivity index (χ0v) is 19.1. The molecule has 0 aliphatic carbocycles. The summed E-state index contributed by atoms with van der Waals surface area (Å²) in [6.45, 7) is 9.35. The number of halogens is 1. The van der Waals surface area contributed by atoms with Crippen LogP contribution in [0, 0.1) is 0 Å². The van der Waals surface area contributed by atoms with Gasteiger partial charge in [0.1, 0.15) is 5.76 Å². The van der Waals surface area contributed by atoms with Crippen LogP contribution < -0.4 is 15.5 Å². The molecule has 150 valence electrons. The highest BCUT2D eigenvalue weighted by molar-refractivity contribution is 14.0. The molecule has 0 spiro atoms. The van der Waals surface area contributed by atoms with Gasteiger partial charge in [-0.15, -0.1) is 24.0 Å². The summed E-state index contributed by atoms with van der Waals surface area (Å²) in [4.78, 5) is 6.94. The number of nitrogens with zero attached hydrogens (tertiary/aromatic N) is 3. The number of anilines is 1. The lowest BCUT2D eigenvalue weighted by atomic mass is 10.1. The number of guanidine groups is 1. The number of benzene rings is 1. The van der Waals surface area contributed by atoms with Gasteiger partial charge in [0.05, 0.1) is 12.2 Å². The van der Waals surface area contributed by atoms with E-state index in [1.165, 1.54) is 5.69 Å². The highest BCUT2D eigenvalue weighted by Crippen LogP contribution is 2.16. The van der Waals surface area contributed by atoms with Crippen LogP contribution in [-0.4, -0.2) is 37.8 Å². The third-order valence-electron chi connectivity index (χ3n) is 4.28. The summed E-state index contributed by atoms with van der Waals surface area (Å²) >= 11 is 0. The quantitative estimate of drug-likeness (QED) is 0.323. The van der Waals surface area contributed by atoms with Crippen LogP contribution in [0.3, 0.4) is 0 Å². The van der Waals surface area contributed by atoms with Gasteiger partial charge < -0.3 is 20.1 Å². The van der Waals surface area contributed by atoms with Gasteiger partial charge in [-0.1, -0.05) is 37.2 Å². The molecule has 0 aliphatic heterocycles. The van der Waals surface area contributed by atoms with Gasteiger partial charge in [0.25, 0.3) is 0 Å². The van der Waals surface area contributed by atoms with Crippen LogP contribution in [0.4, 0.5) is 5.69 Å². The maximum atomic E-state index is 5.42. The zero-order chi connectivity index (χ0) is 18.8. The number of rotatable bonds is 9. The number of aromatic nitrogens is 1. The fourth-order valence-corrected chi connectivity index (χ4v) is 2.77. The number of hydrogen-bond acceptors (Lipinski definition) is 4. The van der Waals surface area contributed by atoms with E-state index in [9.17, 15) is 0 Å². The standard InChI is InChI=1S/C20H31N5O.HI/c1-5-18-17(19(6-2)26-24-18)15-23-20(21-7-3)22-13-14-25(4)16-11-9-8-10-12-16;/h8-12H,5-7,13-15H2,1-4H3,(H2,21,22,23);1H. The summed E-state index contributed by atoms with van der Waals surface area (Å²) < 4.78 is 5.42. The van der Waals surface area contributed by atoms with E-state index in [0.717, 1.165) is 55.5 Å². The molecule has 0 radical (unpaired) electrons. The molecule has 0 bridgehead atoms. The molecule has 0 atom stereocenters. The van der Waals surface area contributed by atoms with E-state index >= 15 is 0 Å². The largest absolute Gasteiger partial charge is 0.373 e. The summed E-state index contributed by atoms with van der Waals surface area (Å²) in [6, 6.07) is 10.4. The molecule has 1 heterocycles. The second-order valence-electron chi connectivity index (χ2n) is 6.12.